The molecule has 0 saturated carbocycles. The molecule has 0 heterocycles. The third kappa shape index (κ3) is 5.25. The van der Waals surface area contributed by atoms with Gasteiger partial charge in [-0.2, -0.15) is 0 Å². The van der Waals surface area contributed by atoms with Gasteiger partial charge in [-0.3, -0.25) is 4.79 Å². The monoisotopic (exact) mass is 285 g/mol. The van der Waals surface area contributed by atoms with Crippen LogP contribution in [0.2, 0.25) is 0 Å². The molecule has 0 fully saturated rings. The second-order valence-corrected chi connectivity index (χ2v) is 5.53. The van der Waals surface area contributed by atoms with Crippen LogP contribution in [0.1, 0.15) is 38.7 Å². The van der Waals surface area contributed by atoms with Crippen LogP contribution >= 0.6 is 0 Å². The van der Waals surface area contributed by atoms with E-state index in [1.807, 2.05) is 13.8 Å². The van der Waals surface area contributed by atoms with Gasteiger partial charge in [-0.25, -0.2) is 8.78 Å². The van der Waals surface area contributed by atoms with Gasteiger partial charge >= 0.3 is 5.97 Å². The van der Waals surface area contributed by atoms with Gasteiger partial charge in [0.15, 0.2) is 0 Å². The third-order valence-electron chi connectivity index (χ3n) is 3.13. The molecule has 112 valence electrons. The molecule has 0 amide bonds. The van der Waals surface area contributed by atoms with Crippen molar-refractivity contribution in [2.45, 2.75) is 39.2 Å². The van der Waals surface area contributed by atoms with Gasteiger partial charge in [-0.05, 0) is 36.0 Å². The van der Waals surface area contributed by atoms with Crippen molar-refractivity contribution in [3.63, 3.8) is 0 Å². The highest BCUT2D eigenvalue weighted by molar-refractivity contribution is 5.73. The maximum Gasteiger partial charge on any atom is 0.320 e. The molecule has 0 aromatic heterocycles. The minimum Gasteiger partial charge on any atom is -0.480 e. The Morgan fingerprint density at radius 2 is 1.75 bits per heavy atom. The number of carboxylic acids is 1. The fourth-order valence-corrected chi connectivity index (χ4v) is 2.04. The summed E-state index contributed by atoms with van der Waals surface area (Å²) in [5.74, 6) is -2.07. The third-order valence-corrected chi connectivity index (χ3v) is 3.13. The summed E-state index contributed by atoms with van der Waals surface area (Å²) >= 11 is 0. The fourth-order valence-electron chi connectivity index (χ4n) is 2.04. The largest absolute Gasteiger partial charge is 0.480 e. The normalized spacial score (nSPS) is 14.3. The Morgan fingerprint density at radius 1 is 1.20 bits per heavy atom. The average molecular weight is 285 g/mol. The molecule has 1 rings (SSSR count). The van der Waals surface area contributed by atoms with Crippen LogP contribution in [-0.2, 0) is 4.79 Å². The standard InChI is InChI=1S/C15H21F2NO2/c1-9(2)4-14(15(19)20)18-8-10(3)11-5-12(16)7-13(17)6-11/h5-7,9-10,14,18H,4,8H2,1-3H3,(H,19,20)/t10?,14-/m1/s1. The van der Waals surface area contributed by atoms with Crippen LogP contribution in [0.15, 0.2) is 18.2 Å². The second kappa shape index (κ2) is 7.33. The first-order valence-corrected chi connectivity index (χ1v) is 6.71. The molecule has 3 nitrogen and oxygen atoms in total. The van der Waals surface area contributed by atoms with Crippen molar-refractivity contribution in [2.24, 2.45) is 5.92 Å². The number of nitrogens with one attached hydrogen (secondary N) is 1. The van der Waals surface area contributed by atoms with Crippen LogP contribution in [0, 0.1) is 17.6 Å². The number of hydrogen-bond acceptors (Lipinski definition) is 2. The van der Waals surface area contributed by atoms with Crippen LogP contribution < -0.4 is 5.32 Å². The zero-order chi connectivity index (χ0) is 15.3. The van der Waals surface area contributed by atoms with Crippen molar-refractivity contribution in [3.8, 4) is 0 Å². The predicted octanol–water partition coefficient (Wildman–Crippen LogP) is 3.16. The van der Waals surface area contributed by atoms with E-state index in [2.05, 4.69) is 5.32 Å². The van der Waals surface area contributed by atoms with Crippen molar-refractivity contribution in [2.75, 3.05) is 6.54 Å². The van der Waals surface area contributed by atoms with Crippen molar-refractivity contribution < 1.29 is 18.7 Å². The molecule has 0 radical (unpaired) electrons. The lowest BCUT2D eigenvalue weighted by Gasteiger charge is -2.19. The summed E-state index contributed by atoms with van der Waals surface area (Å²) in [5.41, 5.74) is 0.517. The highest BCUT2D eigenvalue weighted by Crippen LogP contribution is 2.18. The molecular formula is C15H21F2NO2. The van der Waals surface area contributed by atoms with Gasteiger partial charge in [-0.15, -0.1) is 0 Å². The Balaban J connectivity index is 2.65. The van der Waals surface area contributed by atoms with Crippen LogP contribution in [0.4, 0.5) is 8.78 Å². The van der Waals surface area contributed by atoms with Gasteiger partial charge in [0.1, 0.15) is 17.7 Å². The van der Waals surface area contributed by atoms with Crippen LogP contribution in [0.3, 0.4) is 0 Å². The summed E-state index contributed by atoms with van der Waals surface area (Å²) in [7, 11) is 0. The molecule has 2 N–H and O–H groups in total. The van der Waals surface area contributed by atoms with E-state index in [4.69, 9.17) is 5.11 Å². The maximum absolute atomic E-state index is 13.1. The van der Waals surface area contributed by atoms with E-state index >= 15 is 0 Å². The maximum atomic E-state index is 13.1. The lowest BCUT2D eigenvalue weighted by Crippen LogP contribution is -2.39. The number of carbonyl (C=O) groups is 1. The Morgan fingerprint density at radius 3 is 2.20 bits per heavy atom. The summed E-state index contributed by atoms with van der Waals surface area (Å²) in [6, 6.07) is 2.72. The Labute approximate surface area is 118 Å². The van der Waals surface area contributed by atoms with Gasteiger partial charge in [0.2, 0.25) is 0 Å². The molecule has 1 unspecified atom stereocenters. The highest BCUT2D eigenvalue weighted by Gasteiger charge is 2.19. The zero-order valence-corrected chi connectivity index (χ0v) is 12.0. The first kappa shape index (κ1) is 16.6. The van der Waals surface area contributed by atoms with E-state index < -0.39 is 23.6 Å². The van der Waals surface area contributed by atoms with Crippen molar-refractivity contribution in [1.82, 2.24) is 5.32 Å². The molecular weight excluding hydrogens is 264 g/mol. The second-order valence-electron chi connectivity index (χ2n) is 5.53. The summed E-state index contributed by atoms with van der Waals surface area (Å²) in [5, 5.41) is 12.1. The topological polar surface area (TPSA) is 49.3 Å². The van der Waals surface area contributed by atoms with E-state index in [0.29, 0.717) is 18.5 Å². The van der Waals surface area contributed by atoms with E-state index in [0.717, 1.165) is 6.07 Å². The molecule has 0 aliphatic heterocycles. The Bertz CT molecular complexity index is 443. The summed E-state index contributed by atoms with van der Waals surface area (Å²) in [6.07, 6.45) is 0.513. The molecule has 0 bridgehead atoms. The molecule has 1 aromatic rings. The van der Waals surface area contributed by atoms with E-state index in [1.165, 1.54) is 12.1 Å². The molecule has 20 heavy (non-hydrogen) atoms. The molecule has 1 aromatic carbocycles. The predicted molar refractivity (Wildman–Crippen MR) is 73.7 cm³/mol. The number of benzene rings is 1. The smallest absolute Gasteiger partial charge is 0.320 e. The van der Waals surface area contributed by atoms with E-state index in [1.54, 1.807) is 6.92 Å². The number of halogens is 2. The van der Waals surface area contributed by atoms with Gasteiger partial charge < -0.3 is 10.4 Å². The van der Waals surface area contributed by atoms with Crippen LogP contribution in [0.5, 0.6) is 0 Å². The first-order valence-electron chi connectivity index (χ1n) is 6.71. The lowest BCUT2D eigenvalue weighted by atomic mass is 9.99. The van der Waals surface area contributed by atoms with Gasteiger partial charge in [0.25, 0.3) is 0 Å². The van der Waals surface area contributed by atoms with Gasteiger partial charge in [0, 0.05) is 12.6 Å². The minimum atomic E-state index is -0.906. The Hall–Kier alpha value is -1.49. The summed E-state index contributed by atoms with van der Waals surface area (Å²) in [6.45, 7) is 6.05. The summed E-state index contributed by atoms with van der Waals surface area (Å²) in [4.78, 5) is 11.1. The fraction of sp³-hybridized carbons (Fsp3) is 0.533. The number of aliphatic carboxylic acids is 1. The van der Waals surface area contributed by atoms with E-state index in [-0.39, 0.29) is 11.8 Å². The van der Waals surface area contributed by atoms with Crippen molar-refractivity contribution in [3.05, 3.63) is 35.4 Å². The van der Waals surface area contributed by atoms with E-state index in [9.17, 15) is 13.6 Å². The van der Waals surface area contributed by atoms with Crippen LogP contribution in [-0.4, -0.2) is 23.7 Å². The molecule has 0 aliphatic rings. The average Bonchev–Trinajstić information content (AvgIpc) is 2.32. The highest BCUT2D eigenvalue weighted by atomic mass is 19.1. The van der Waals surface area contributed by atoms with Crippen molar-refractivity contribution in [1.29, 1.82) is 0 Å². The Kier molecular flexibility index (Phi) is 6.07. The lowest BCUT2D eigenvalue weighted by molar-refractivity contribution is -0.139. The van der Waals surface area contributed by atoms with Gasteiger partial charge in [0.05, 0.1) is 0 Å². The zero-order valence-electron chi connectivity index (χ0n) is 12.0. The minimum absolute atomic E-state index is 0.172. The first-order chi connectivity index (χ1) is 9.29. The van der Waals surface area contributed by atoms with Gasteiger partial charge in [-0.1, -0.05) is 20.8 Å². The molecule has 5 heteroatoms. The number of rotatable bonds is 7. The number of hydrogen-bond donors (Lipinski definition) is 2. The quantitative estimate of drug-likeness (QED) is 0.809. The SMILES string of the molecule is CC(C)C[C@@H](NCC(C)c1cc(F)cc(F)c1)C(=O)O. The molecule has 0 aliphatic carbocycles. The van der Waals surface area contributed by atoms with Crippen LogP contribution in [0.25, 0.3) is 0 Å². The molecule has 2 atom stereocenters. The summed E-state index contributed by atoms with van der Waals surface area (Å²) < 4.78 is 26.3. The van der Waals surface area contributed by atoms with Crippen molar-refractivity contribution >= 4 is 5.97 Å². The molecule has 0 spiro atoms. The molecule has 0 saturated heterocycles. The number of carboxylic acid groups (broad SMARTS) is 1.